The summed E-state index contributed by atoms with van der Waals surface area (Å²) in [7, 11) is 0. The van der Waals surface area contributed by atoms with Crippen molar-refractivity contribution in [1.29, 1.82) is 0 Å². The van der Waals surface area contributed by atoms with Crippen LogP contribution in [0, 0.1) is 0 Å². The maximum atomic E-state index is 5.34. The van der Waals surface area contributed by atoms with E-state index in [4.69, 9.17) is 4.42 Å². The molecule has 168 valence electrons. The molecule has 0 aliphatic heterocycles. The minimum Gasteiger partial charge on any atom is -0.461 e. The molecule has 2 heterocycles. The molecular formula is C22H32IN7O. The quantitative estimate of drug-likeness (QED) is 0.207. The van der Waals surface area contributed by atoms with Crippen molar-refractivity contribution in [1.82, 2.24) is 30.7 Å². The lowest BCUT2D eigenvalue weighted by molar-refractivity contribution is 0.219. The number of nitrogens with zero attached hydrogens (tertiary/aromatic N) is 4. The number of nitrogens with one attached hydrogen (secondary N) is 3. The van der Waals surface area contributed by atoms with Crippen LogP contribution in [0.1, 0.15) is 38.2 Å². The third kappa shape index (κ3) is 7.06. The van der Waals surface area contributed by atoms with E-state index >= 15 is 0 Å². The molecular weight excluding hydrogens is 505 g/mol. The van der Waals surface area contributed by atoms with Crippen molar-refractivity contribution in [3.05, 3.63) is 60.1 Å². The van der Waals surface area contributed by atoms with Crippen LogP contribution in [-0.2, 0) is 6.54 Å². The largest absolute Gasteiger partial charge is 0.461 e. The van der Waals surface area contributed by atoms with Gasteiger partial charge in [0, 0.05) is 13.1 Å². The summed E-state index contributed by atoms with van der Waals surface area (Å²) < 4.78 is 5.34. The second-order valence-corrected chi connectivity index (χ2v) is 6.81. The molecule has 3 N–H and O–H groups in total. The zero-order valence-electron chi connectivity index (χ0n) is 18.3. The molecule has 0 aliphatic rings. The summed E-state index contributed by atoms with van der Waals surface area (Å²) in [6.07, 6.45) is 1.61. The second kappa shape index (κ2) is 13.1. The van der Waals surface area contributed by atoms with Gasteiger partial charge in [-0.25, -0.2) is 9.98 Å². The topological polar surface area (TPSA) is 94.4 Å². The van der Waals surface area contributed by atoms with E-state index < -0.39 is 0 Å². The zero-order valence-corrected chi connectivity index (χ0v) is 20.7. The first-order chi connectivity index (χ1) is 14.7. The first-order valence-electron chi connectivity index (χ1n) is 10.5. The molecule has 3 aromatic rings. The third-order valence-corrected chi connectivity index (χ3v) is 4.90. The van der Waals surface area contributed by atoms with Crippen LogP contribution in [0.4, 0.5) is 0 Å². The smallest absolute Gasteiger partial charge is 0.216 e. The van der Waals surface area contributed by atoms with Gasteiger partial charge in [0.05, 0.1) is 12.3 Å². The molecule has 0 fully saturated rings. The van der Waals surface area contributed by atoms with Gasteiger partial charge in [-0.2, -0.15) is 0 Å². The van der Waals surface area contributed by atoms with Crippen LogP contribution in [0.3, 0.4) is 0 Å². The van der Waals surface area contributed by atoms with E-state index in [1.165, 1.54) is 5.56 Å². The summed E-state index contributed by atoms with van der Waals surface area (Å²) in [6, 6.07) is 14.5. The normalized spacial score (nSPS) is 12.5. The van der Waals surface area contributed by atoms with Crippen molar-refractivity contribution in [2.75, 3.05) is 26.2 Å². The number of hydrogen-bond acceptors (Lipinski definition) is 5. The second-order valence-electron chi connectivity index (χ2n) is 6.81. The SMILES string of the molecule is CCNC(=NCc1nc(-c2ccco2)n[nH]1)NCC(c1ccccc1)N(CC)CC.I. The highest BCUT2D eigenvalue weighted by atomic mass is 127. The number of guanidine groups is 1. The van der Waals surface area contributed by atoms with Crippen LogP contribution in [0.2, 0.25) is 0 Å². The molecule has 8 nitrogen and oxygen atoms in total. The molecule has 9 heteroatoms. The van der Waals surface area contributed by atoms with Gasteiger partial charge in [0.1, 0.15) is 12.4 Å². The fourth-order valence-electron chi connectivity index (χ4n) is 3.37. The van der Waals surface area contributed by atoms with E-state index in [0.29, 0.717) is 24.0 Å². The lowest BCUT2D eigenvalue weighted by Gasteiger charge is -2.30. The number of rotatable bonds is 10. The van der Waals surface area contributed by atoms with Gasteiger partial charge >= 0.3 is 0 Å². The summed E-state index contributed by atoms with van der Waals surface area (Å²) in [5, 5.41) is 13.9. The average molecular weight is 537 g/mol. The number of aromatic nitrogens is 3. The Labute approximate surface area is 201 Å². The van der Waals surface area contributed by atoms with Gasteiger partial charge in [0.2, 0.25) is 5.82 Å². The van der Waals surface area contributed by atoms with Crippen molar-refractivity contribution < 1.29 is 4.42 Å². The molecule has 0 radical (unpaired) electrons. The van der Waals surface area contributed by atoms with Gasteiger partial charge in [-0.1, -0.05) is 44.2 Å². The Morgan fingerprint density at radius 1 is 1.10 bits per heavy atom. The Bertz CT molecular complexity index is 892. The lowest BCUT2D eigenvalue weighted by atomic mass is 10.1. The number of aromatic amines is 1. The Morgan fingerprint density at radius 2 is 1.87 bits per heavy atom. The predicted octanol–water partition coefficient (Wildman–Crippen LogP) is 3.82. The Balaban J connectivity index is 0.00000341. The van der Waals surface area contributed by atoms with Crippen molar-refractivity contribution in [2.45, 2.75) is 33.4 Å². The molecule has 3 rings (SSSR count). The molecule has 1 unspecified atom stereocenters. The number of H-pyrrole nitrogens is 1. The van der Waals surface area contributed by atoms with Gasteiger partial charge in [-0.15, -0.1) is 29.1 Å². The first kappa shape index (κ1) is 24.9. The molecule has 31 heavy (non-hydrogen) atoms. The van der Waals surface area contributed by atoms with Crippen LogP contribution in [0.25, 0.3) is 11.6 Å². The molecule has 0 spiro atoms. The van der Waals surface area contributed by atoms with Gasteiger partial charge in [-0.05, 0) is 37.7 Å². The highest BCUT2D eigenvalue weighted by Crippen LogP contribution is 2.19. The maximum absolute atomic E-state index is 5.34. The van der Waals surface area contributed by atoms with Crippen LogP contribution in [0.5, 0.6) is 0 Å². The molecule has 1 aromatic carbocycles. The van der Waals surface area contributed by atoms with Gasteiger partial charge in [-0.3, -0.25) is 10.00 Å². The summed E-state index contributed by atoms with van der Waals surface area (Å²) in [5.41, 5.74) is 1.29. The van der Waals surface area contributed by atoms with E-state index in [1.807, 2.05) is 12.1 Å². The molecule has 0 bridgehead atoms. The lowest BCUT2D eigenvalue weighted by Crippen LogP contribution is -2.43. The van der Waals surface area contributed by atoms with Gasteiger partial charge in [0.25, 0.3) is 0 Å². The summed E-state index contributed by atoms with van der Waals surface area (Å²) in [4.78, 5) is 11.6. The zero-order chi connectivity index (χ0) is 21.2. The average Bonchev–Trinajstić information content (AvgIpc) is 3.47. The fourth-order valence-corrected chi connectivity index (χ4v) is 3.37. The molecule has 0 saturated carbocycles. The third-order valence-electron chi connectivity index (χ3n) is 4.90. The van der Waals surface area contributed by atoms with Crippen molar-refractivity contribution >= 4 is 29.9 Å². The number of furan rings is 1. The number of likely N-dealkylation sites (N-methyl/N-ethyl adjacent to an activating group) is 1. The number of benzene rings is 1. The highest BCUT2D eigenvalue weighted by molar-refractivity contribution is 14.0. The minimum atomic E-state index is 0. The summed E-state index contributed by atoms with van der Waals surface area (Å²) in [6.45, 7) is 10.3. The van der Waals surface area contributed by atoms with E-state index in [1.54, 1.807) is 6.26 Å². The molecule has 1 atom stereocenters. The Hall–Kier alpha value is -2.40. The Kier molecular flexibility index (Phi) is 10.5. The van der Waals surface area contributed by atoms with Crippen molar-refractivity contribution in [2.24, 2.45) is 4.99 Å². The number of hydrogen-bond donors (Lipinski definition) is 3. The highest BCUT2D eigenvalue weighted by Gasteiger charge is 2.18. The Morgan fingerprint density at radius 3 is 2.52 bits per heavy atom. The summed E-state index contributed by atoms with van der Waals surface area (Å²) in [5.74, 6) is 2.61. The minimum absolute atomic E-state index is 0. The molecule has 0 saturated heterocycles. The van der Waals surface area contributed by atoms with Gasteiger partial charge in [0.15, 0.2) is 11.7 Å². The van der Waals surface area contributed by atoms with Crippen molar-refractivity contribution in [3.63, 3.8) is 0 Å². The number of halogens is 1. The maximum Gasteiger partial charge on any atom is 0.216 e. The van der Waals surface area contributed by atoms with E-state index in [-0.39, 0.29) is 30.0 Å². The molecule has 0 aliphatic carbocycles. The first-order valence-corrected chi connectivity index (χ1v) is 10.5. The number of aliphatic imine (C=N–C) groups is 1. The fraction of sp³-hybridized carbons (Fsp3) is 0.409. The monoisotopic (exact) mass is 537 g/mol. The van der Waals surface area contributed by atoms with E-state index in [2.05, 4.69) is 86.8 Å². The summed E-state index contributed by atoms with van der Waals surface area (Å²) >= 11 is 0. The molecule has 0 amide bonds. The van der Waals surface area contributed by atoms with Crippen LogP contribution >= 0.6 is 24.0 Å². The standard InChI is InChI=1S/C22H31N7O.HI/c1-4-23-22(25-16-20-26-21(28-27-20)19-13-10-14-30-19)24-15-18(29(5-2)6-3)17-11-8-7-9-12-17;/h7-14,18H,4-6,15-16H2,1-3H3,(H2,23,24,25)(H,26,27,28);1H. The van der Waals surface area contributed by atoms with E-state index in [9.17, 15) is 0 Å². The predicted molar refractivity (Wildman–Crippen MR) is 134 cm³/mol. The van der Waals surface area contributed by atoms with Gasteiger partial charge < -0.3 is 15.1 Å². The van der Waals surface area contributed by atoms with Crippen LogP contribution in [0.15, 0.2) is 58.1 Å². The van der Waals surface area contributed by atoms with Crippen molar-refractivity contribution in [3.8, 4) is 11.6 Å². The molecule has 2 aromatic heterocycles. The van der Waals surface area contributed by atoms with Crippen LogP contribution < -0.4 is 10.6 Å². The van der Waals surface area contributed by atoms with Crippen LogP contribution in [-0.4, -0.2) is 52.2 Å². The van der Waals surface area contributed by atoms with E-state index in [0.717, 1.165) is 32.1 Å².